The molecule has 134 valence electrons. The van der Waals surface area contributed by atoms with Gasteiger partial charge >= 0.3 is 6.18 Å². The van der Waals surface area contributed by atoms with E-state index < -0.39 is 23.4 Å². The molecule has 2 N–H and O–H groups in total. The van der Waals surface area contributed by atoms with Crippen molar-refractivity contribution in [2.24, 2.45) is 0 Å². The largest absolute Gasteiger partial charge is 0.504 e. The van der Waals surface area contributed by atoms with E-state index >= 15 is 0 Å². The summed E-state index contributed by atoms with van der Waals surface area (Å²) in [6.07, 6.45) is -3.01. The van der Waals surface area contributed by atoms with Crippen LogP contribution in [-0.4, -0.2) is 21.0 Å². The molecule has 2 aromatic heterocycles. The van der Waals surface area contributed by atoms with Gasteiger partial charge in [0.1, 0.15) is 10.1 Å². The minimum atomic E-state index is -4.46. The number of alkyl halides is 3. The number of halogens is 4. The number of pyridine rings is 2. The second-order valence-electron chi connectivity index (χ2n) is 5.38. The normalized spacial score (nSPS) is 11.5. The molecule has 1 amide bonds. The Morgan fingerprint density at radius 1 is 1.23 bits per heavy atom. The number of benzene rings is 1. The molecule has 0 aliphatic heterocycles. The van der Waals surface area contributed by atoms with Crippen LogP contribution in [0.4, 0.5) is 13.2 Å². The minimum absolute atomic E-state index is 0.151. The van der Waals surface area contributed by atoms with Gasteiger partial charge in [-0.15, -0.1) is 0 Å². The summed E-state index contributed by atoms with van der Waals surface area (Å²) in [6, 6.07) is 7.94. The van der Waals surface area contributed by atoms with E-state index in [1.807, 2.05) is 0 Å². The van der Waals surface area contributed by atoms with Crippen LogP contribution in [0.1, 0.15) is 21.6 Å². The van der Waals surface area contributed by atoms with E-state index in [4.69, 9.17) is 0 Å². The average Bonchev–Trinajstić information content (AvgIpc) is 2.62. The molecule has 0 spiro atoms. The highest BCUT2D eigenvalue weighted by Crippen LogP contribution is 2.31. The number of nitrogens with zero attached hydrogens (tertiary/aromatic N) is 2. The van der Waals surface area contributed by atoms with E-state index in [1.54, 1.807) is 12.1 Å². The van der Waals surface area contributed by atoms with E-state index in [2.05, 4.69) is 31.2 Å². The highest BCUT2D eigenvalue weighted by molar-refractivity contribution is 9.10. The van der Waals surface area contributed by atoms with Crippen LogP contribution in [0, 0.1) is 0 Å². The minimum Gasteiger partial charge on any atom is -0.504 e. The molecule has 26 heavy (non-hydrogen) atoms. The number of amides is 1. The SMILES string of the molecule is O=C(NCc1cccc(C(F)(F)F)c1)c1nc(Br)c2cccnc2c1O. The zero-order chi connectivity index (χ0) is 18.9. The van der Waals surface area contributed by atoms with Crippen molar-refractivity contribution in [2.45, 2.75) is 12.7 Å². The Hall–Kier alpha value is -2.68. The van der Waals surface area contributed by atoms with Crippen LogP contribution in [0.5, 0.6) is 5.75 Å². The lowest BCUT2D eigenvalue weighted by Crippen LogP contribution is -2.24. The second kappa shape index (κ2) is 6.91. The molecule has 0 saturated carbocycles. The second-order valence-corrected chi connectivity index (χ2v) is 6.13. The van der Waals surface area contributed by atoms with Crippen molar-refractivity contribution >= 4 is 32.7 Å². The third-order valence-corrected chi connectivity index (χ3v) is 4.22. The first-order valence-electron chi connectivity index (χ1n) is 7.35. The van der Waals surface area contributed by atoms with E-state index in [-0.39, 0.29) is 23.3 Å². The van der Waals surface area contributed by atoms with Crippen molar-refractivity contribution in [1.29, 1.82) is 0 Å². The van der Waals surface area contributed by atoms with Crippen LogP contribution in [0.3, 0.4) is 0 Å². The van der Waals surface area contributed by atoms with Gasteiger partial charge in [-0.05, 0) is 45.8 Å². The summed E-state index contributed by atoms with van der Waals surface area (Å²) in [7, 11) is 0. The van der Waals surface area contributed by atoms with Gasteiger partial charge in [-0.3, -0.25) is 9.78 Å². The van der Waals surface area contributed by atoms with Crippen molar-refractivity contribution in [3.05, 3.63) is 64.0 Å². The number of aromatic nitrogens is 2. The molecule has 2 heterocycles. The molecule has 0 aliphatic carbocycles. The van der Waals surface area contributed by atoms with E-state index in [0.717, 1.165) is 12.1 Å². The quantitative estimate of drug-likeness (QED) is 0.620. The summed E-state index contributed by atoms with van der Waals surface area (Å²) in [5.41, 5.74) is -0.609. The number of carbonyl (C=O) groups excluding carboxylic acids is 1. The van der Waals surface area contributed by atoms with E-state index in [0.29, 0.717) is 9.99 Å². The summed E-state index contributed by atoms with van der Waals surface area (Å²) in [4.78, 5) is 20.3. The fraction of sp³-hybridized carbons (Fsp3) is 0.118. The maximum absolute atomic E-state index is 12.7. The van der Waals surface area contributed by atoms with Crippen molar-refractivity contribution in [1.82, 2.24) is 15.3 Å². The predicted octanol–water partition coefficient (Wildman–Crippen LogP) is 4.05. The Morgan fingerprint density at radius 2 is 2.00 bits per heavy atom. The summed E-state index contributed by atoms with van der Waals surface area (Å²) in [5, 5.41) is 13.2. The highest BCUT2D eigenvalue weighted by atomic mass is 79.9. The van der Waals surface area contributed by atoms with Crippen molar-refractivity contribution in [2.75, 3.05) is 0 Å². The van der Waals surface area contributed by atoms with Gasteiger partial charge < -0.3 is 10.4 Å². The molecule has 0 bridgehead atoms. The highest BCUT2D eigenvalue weighted by Gasteiger charge is 2.30. The summed E-state index contributed by atoms with van der Waals surface area (Å²) >= 11 is 3.21. The number of aromatic hydroxyl groups is 1. The molecule has 9 heteroatoms. The van der Waals surface area contributed by atoms with Gasteiger partial charge in [-0.2, -0.15) is 13.2 Å². The van der Waals surface area contributed by atoms with Gasteiger partial charge in [-0.1, -0.05) is 12.1 Å². The Labute approximate surface area is 154 Å². The van der Waals surface area contributed by atoms with Gasteiger partial charge in [0.05, 0.1) is 5.56 Å². The Bertz CT molecular complexity index is 993. The molecular weight excluding hydrogens is 415 g/mol. The van der Waals surface area contributed by atoms with Crippen molar-refractivity contribution in [3.63, 3.8) is 0 Å². The van der Waals surface area contributed by atoms with Crippen LogP contribution in [0.15, 0.2) is 47.2 Å². The standard InChI is InChI=1S/C17H11BrF3N3O2/c18-15-11-5-2-6-22-12(11)14(25)13(24-15)16(26)23-8-9-3-1-4-10(7-9)17(19,20)21/h1-7,25H,8H2,(H,23,26). The predicted molar refractivity (Wildman–Crippen MR) is 91.5 cm³/mol. The van der Waals surface area contributed by atoms with E-state index in [9.17, 15) is 23.1 Å². The maximum atomic E-state index is 12.7. The first kappa shape index (κ1) is 18.1. The Morgan fingerprint density at radius 3 is 2.73 bits per heavy atom. The molecular formula is C17H11BrF3N3O2. The summed E-state index contributed by atoms with van der Waals surface area (Å²) < 4.78 is 38.5. The molecule has 0 radical (unpaired) electrons. The molecule has 3 rings (SSSR count). The number of nitrogens with one attached hydrogen (secondary N) is 1. The van der Waals surface area contributed by atoms with Gasteiger partial charge in [0.2, 0.25) is 0 Å². The maximum Gasteiger partial charge on any atom is 0.416 e. The Kier molecular flexibility index (Phi) is 4.82. The van der Waals surface area contributed by atoms with Crippen LogP contribution < -0.4 is 5.32 Å². The topological polar surface area (TPSA) is 75.1 Å². The summed E-state index contributed by atoms with van der Waals surface area (Å²) in [6.45, 7) is -0.151. The Balaban J connectivity index is 1.83. The molecule has 3 aromatic rings. The van der Waals surface area contributed by atoms with E-state index in [1.165, 1.54) is 18.3 Å². The van der Waals surface area contributed by atoms with Crippen LogP contribution in [-0.2, 0) is 12.7 Å². The fourth-order valence-corrected chi connectivity index (χ4v) is 2.86. The number of carbonyl (C=O) groups is 1. The van der Waals surface area contributed by atoms with Gasteiger partial charge in [0.25, 0.3) is 5.91 Å². The third-order valence-electron chi connectivity index (χ3n) is 3.61. The molecule has 0 saturated heterocycles. The van der Waals surface area contributed by atoms with Crippen LogP contribution in [0.25, 0.3) is 10.9 Å². The number of rotatable bonds is 3. The number of hydrogen-bond donors (Lipinski definition) is 2. The molecule has 0 aliphatic rings. The number of fused-ring (bicyclic) bond motifs is 1. The van der Waals surface area contributed by atoms with Crippen molar-refractivity contribution < 1.29 is 23.1 Å². The lowest BCUT2D eigenvalue weighted by Gasteiger charge is -2.11. The third kappa shape index (κ3) is 3.62. The number of hydrogen-bond acceptors (Lipinski definition) is 4. The molecule has 0 unspecified atom stereocenters. The fourth-order valence-electron chi connectivity index (χ4n) is 2.37. The first-order valence-corrected chi connectivity index (χ1v) is 8.14. The molecule has 0 fully saturated rings. The van der Waals surface area contributed by atoms with Gasteiger partial charge in [0.15, 0.2) is 11.4 Å². The van der Waals surface area contributed by atoms with Gasteiger partial charge in [-0.25, -0.2) is 4.98 Å². The average molecular weight is 426 g/mol. The molecule has 0 atom stereocenters. The van der Waals surface area contributed by atoms with Gasteiger partial charge in [0, 0.05) is 18.1 Å². The first-order chi connectivity index (χ1) is 12.3. The molecule has 1 aromatic carbocycles. The zero-order valence-corrected chi connectivity index (χ0v) is 14.6. The smallest absolute Gasteiger partial charge is 0.416 e. The lowest BCUT2D eigenvalue weighted by molar-refractivity contribution is -0.137. The molecule has 5 nitrogen and oxygen atoms in total. The zero-order valence-electron chi connectivity index (χ0n) is 13.0. The lowest BCUT2D eigenvalue weighted by atomic mass is 10.1. The van der Waals surface area contributed by atoms with Crippen LogP contribution in [0.2, 0.25) is 0 Å². The summed E-state index contributed by atoms with van der Waals surface area (Å²) in [5.74, 6) is -1.13. The van der Waals surface area contributed by atoms with Crippen LogP contribution >= 0.6 is 15.9 Å². The monoisotopic (exact) mass is 425 g/mol. The van der Waals surface area contributed by atoms with Crippen molar-refractivity contribution in [3.8, 4) is 5.75 Å².